The summed E-state index contributed by atoms with van der Waals surface area (Å²) in [4.78, 5) is 5.14. The normalized spacial score (nSPS) is 11.9. The van der Waals surface area contributed by atoms with Crippen LogP contribution < -0.4 is 0 Å². The Morgan fingerprint density at radius 2 is 0.980 bits per heavy atom. The van der Waals surface area contributed by atoms with Crippen LogP contribution in [0.5, 0.6) is 0 Å². The van der Waals surface area contributed by atoms with Crippen molar-refractivity contribution in [1.82, 2.24) is 14.1 Å². The number of para-hydroxylation sites is 2. The molecule has 0 bridgehead atoms. The molecule has 238 valence electrons. The smallest absolute Gasteiger partial charge is 0.0709 e. The highest BCUT2D eigenvalue weighted by Gasteiger charge is 2.21. The van der Waals surface area contributed by atoms with E-state index in [1.165, 1.54) is 63.8 Å². The van der Waals surface area contributed by atoms with E-state index in [1.54, 1.807) is 0 Å². The van der Waals surface area contributed by atoms with Crippen molar-refractivity contribution in [2.75, 3.05) is 0 Å². The van der Waals surface area contributed by atoms with Gasteiger partial charge < -0.3 is 9.13 Å². The first-order chi connectivity index (χ1) is 25.3. The average Bonchev–Trinajstić information content (AvgIpc) is 3.85. The van der Waals surface area contributed by atoms with Crippen molar-refractivity contribution in [2.45, 2.75) is 0 Å². The van der Waals surface area contributed by atoms with Gasteiger partial charge in [0, 0.05) is 64.2 Å². The van der Waals surface area contributed by atoms with E-state index >= 15 is 0 Å². The predicted octanol–water partition coefficient (Wildman–Crippen LogP) is 13.0. The van der Waals surface area contributed by atoms with Crippen LogP contribution in [0, 0.1) is 0 Å². The van der Waals surface area contributed by atoms with Gasteiger partial charge in [-0.1, -0.05) is 103 Å². The Balaban J connectivity index is 1.26. The molecule has 51 heavy (non-hydrogen) atoms. The molecule has 0 unspecified atom stereocenters. The molecule has 0 fully saturated rings. The monoisotopic (exact) mass is 667 g/mol. The Morgan fingerprint density at radius 1 is 0.373 bits per heavy atom. The van der Waals surface area contributed by atoms with Crippen molar-refractivity contribution in [3.63, 3.8) is 0 Å². The standard InChI is InChI=1S/C47H29N3S/c1-4-13-30(14-5-1)39-20-12-21-40(48-39)31-23-25-41-36(27-31)37-28-38-44(29-43(37)49(41)32-15-6-2-7-16-32)50(33-17-8-3-9-18-33)42-26-24-35-34-19-10-11-22-45(34)51-47(35)46(38)42/h1-29H. The second-order valence-electron chi connectivity index (χ2n) is 13.2. The van der Waals surface area contributed by atoms with Crippen molar-refractivity contribution in [3.8, 4) is 33.9 Å². The highest BCUT2D eigenvalue weighted by Crippen LogP contribution is 2.46. The maximum Gasteiger partial charge on any atom is 0.0709 e. The largest absolute Gasteiger partial charge is 0.309 e. The van der Waals surface area contributed by atoms with Crippen molar-refractivity contribution < 1.29 is 0 Å². The highest BCUT2D eigenvalue weighted by molar-refractivity contribution is 7.26. The minimum absolute atomic E-state index is 0.965. The van der Waals surface area contributed by atoms with Gasteiger partial charge in [-0.15, -0.1) is 11.3 Å². The van der Waals surface area contributed by atoms with Gasteiger partial charge in [0.15, 0.2) is 0 Å². The van der Waals surface area contributed by atoms with Crippen molar-refractivity contribution in [2.24, 2.45) is 0 Å². The van der Waals surface area contributed by atoms with Gasteiger partial charge in [0.05, 0.1) is 33.5 Å². The molecule has 0 saturated carbocycles. The SMILES string of the molecule is c1ccc(-c2cccc(-c3ccc4c(c3)c3cc5c6c7sc8ccccc8c7ccc6n(-c6ccccc6)c5cc3n4-c3ccccc3)n2)cc1. The number of rotatable bonds is 4. The summed E-state index contributed by atoms with van der Waals surface area (Å²) in [6.07, 6.45) is 0. The molecule has 0 saturated heterocycles. The minimum atomic E-state index is 0.965. The van der Waals surface area contributed by atoms with E-state index < -0.39 is 0 Å². The van der Waals surface area contributed by atoms with Crippen LogP contribution in [0.4, 0.5) is 0 Å². The van der Waals surface area contributed by atoms with E-state index in [2.05, 4.69) is 179 Å². The lowest BCUT2D eigenvalue weighted by molar-refractivity contribution is 1.16. The molecule has 3 nitrogen and oxygen atoms in total. The Bertz CT molecular complexity index is 3120. The minimum Gasteiger partial charge on any atom is -0.309 e. The summed E-state index contributed by atoms with van der Waals surface area (Å²) in [6.45, 7) is 0. The summed E-state index contributed by atoms with van der Waals surface area (Å²) in [5, 5.41) is 7.64. The van der Waals surface area contributed by atoms with Gasteiger partial charge >= 0.3 is 0 Å². The fourth-order valence-electron chi connectivity index (χ4n) is 8.03. The maximum absolute atomic E-state index is 5.14. The zero-order valence-corrected chi connectivity index (χ0v) is 28.3. The number of nitrogens with zero attached hydrogens (tertiary/aromatic N) is 3. The van der Waals surface area contributed by atoms with Crippen LogP contribution in [0.25, 0.3) is 97.7 Å². The average molecular weight is 668 g/mol. The molecule has 0 aliphatic carbocycles. The summed E-state index contributed by atoms with van der Waals surface area (Å²) in [6, 6.07) is 63.4. The second kappa shape index (κ2) is 11.0. The molecular formula is C47H29N3S. The molecule has 0 atom stereocenters. The Hall–Kier alpha value is -6.49. The van der Waals surface area contributed by atoms with Crippen LogP contribution in [0.2, 0.25) is 0 Å². The molecule has 0 radical (unpaired) electrons. The quantitative estimate of drug-likeness (QED) is 0.183. The van der Waals surface area contributed by atoms with Gasteiger partial charge in [-0.25, -0.2) is 4.98 Å². The van der Waals surface area contributed by atoms with Gasteiger partial charge in [-0.05, 0) is 72.8 Å². The fraction of sp³-hybridized carbons (Fsp3) is 0. The van der Waals surface area contributed by atoms with Crippen LogP contribution in [-0.4, -0.2) is 14.1 Å². The maximum atomic E-state index is 5.14. The van der Waals surface area contributed by atoms with Crippen molar-refractivity contribution in [3.05, 3.63) is 176 Å². The molecule has 4 heterocycles. The third kappa shape index (κ3) is 4.27. The molecule has 0 aliphatic rings. The van der Waals surface area contributed by atoms with Crippen LogP contribution in [0.3, 0.4) is 0 Å². The molecule has 11 rings (SSSR count). The summed E-state index contributed by atoms with van der Waals surface area (Å²) < 4.78 is 7.52. The summed E-state index contributed by atoms with van der Waals surface area (Å²) >= 11 is 1.90. The summed E-state index contributed by atoms with van der Waals surface area (Å²) in [5.74, 6) is 0. The number of hydrogen-bond acceptors (Lipinski definition) is 2. The van der Waals surface area contributed by atoms with Gasteiger partial charge in [-0.2, -0.15) is 0 Å². The lowest BCUT2D eigenvalue weighted by Gasteiger charge is -2.10. The zero-order valence-electron chi connectivity index (χ0n) is 27.5. The molecular weight excluding hydrogens is 639 g/mol. The molecule has 4 heteroatoms. The number of benzene rings is 7. The van der Waals surface area contributed by atoms with Crippen molar-refractivity contribution >= 4 is 75.1 Å². The molecule has 0 aliphatic heterocycles. The first-order valence-electron chi connectivity index (χ1n) is 17.3. The molecule has 11 aromatic rings. The molecule has 7 aromatic carbocycles. The first kappa shape index (κ1) is 28.4. The summed E-state index contributed by atoms with van der Waals surface area (Å²) in [7, 11) is 0. The Kier molecular flexibility index (Phi) is 6.12. The van der Waals surface area contributed by atoms with Gasteiger partial charge in [0.25, 0.3) is 0 Å². The van der Waals surface area contributed by atoms with E-state index in [9.17, 15) is 0 Å². The third-order valence-corrected chi connectivity index (χ3v) is 11.5. The molecule has 0 spiro atoms. The van der Waals surface area contributed by atoms with Crippen LogP contribution >= 0.6 is 11.3 Å². The van der Waals surface area contributed by atoms with E-state index in [-0.39, 0.29) is 0 Å². The zero-order chi connectivity index (χ0) is 33.5. The van der Waals surface area contributed by atoms with E-state index in [0.717, 1.165) is 33.9 Å². The van der Waals surface area contributed by atoms with Crippen LogP contribution in [0.15, 0.2) is 176 Å². The highest BCUT2D eigenvalue weighted by atomic mass is 32.1. The van der Waals surface area contributed by atoms with Gasteiger partial charge in [-0.3, -0.25) is 0 Å². The van der Waals surface area contributed by atoms with Crippen LogP contribution in [-0.2, 0) is 0 Å². The van der Waals surface area contributed by atoms with Crippen LogP contribution in [0.1, 0.15) is 0 Å². The number of fused-ring (bicyclic) bond motifs is 10. The van der Waals surface area contributed by atoms with Gasteiger partial charge in [0.1, 0.15) is 0 Å². The van der Waals surface area contributed by atoms with Crippen molar-refractivity contribution in [1.29, 1.82) is 0 Å². The van der Waals surface area contributed by atoms with E-state index in [1.807, 2.05) is 17.4 Å². The third-order valence-electron chi connectivity index (χ3n) is 10.3. The molecule has 0 amide bonds. The lowest BCUT2D eigenvalue weighted by Crippen LogP contribution is -1.95. The first-order valence-corrected chi connectivity index (χ1v) is 18.1. The number of pyridine rings is 1. The molecule has 4 aromatic heterocycles. The topological polar surface area (TPSA) is 22.8 Å². The van der Waals surface area contributed by atoms with E-state index in [4.69, 9.17) is 4.98 Å². The molecule has 0 N–H and O–H groups in total. The number of thiophene rings is 1. The lowest BCUT2D eigenvalue weighted by atomic mass is 10.0. The van der Waals surface area contributed by atoms with Gasteiger partial charge in [0.2, 0.25) is 0 Å². The fourth-order valence-corrected chi connectivity index (χ4v) is 9.29. The predicted molar refractivity (Wildman–Crippen MR) is 217 cm³/mol. The number of hydrogen-bond donors (Lipinski definition) is 0. The number of aromatic nitrogens is 3. The van der Waals surface area contributed by atoms with E-state index in [0.29, 0.717) is 0 Å². The second-order valence-corrected chi connectivity index (χ2v) is 14.2. The summed E-state index contributed by atoms with van der Waals surface area (Å²) in [5.41, 5.74) is 11.2. The Labute approximate surface area is 297 Å². The Morgan fingerprint density at radius 3 is 1.75 bits per heavy atom.